The zero-order chi connectivity index (χ0) is 59.1. The second-order valence-corrected chi connectivity index (χ2v) is 24.2. The topological polar surface area (TPSA) is 108 Å². The molecule has 0 saturated heterocycles. The van der Waals surface area contributed by atoms with Crippen LogP contribution >= 0.6 is 7.82 Å². The van der Waals surface area contributed by atoms with Crippen LogP contribution in [0.5, 0.6) is 0 Å². The van der Waals surface area contributed by atoms with E-state index < -0.39 is 26.5 Å². The molecule has 0 aromatic heterocycles. The molecule has 81 heavy (non-hydrogen) atoms. The Kier molecular flexibility index (Phi) is 58.3. The lowest BCUT2D eigenvalue weighted by Crippen LogP contribution is -2.37. The number of esters is 2. The molecule has 0 aromatic rings. The van der Waals surface area contributed by atoms with Gasteiger partial charge in [0.05, 0.1) is 27.7 Å². The number of hydrogen-bond donors (Lipinski definition) is 1. The number of quaternary nitrogens is 1. The summed E-state index contributed by atoms with van der Waals surface area (Å²) in [5.74, 6) is -0.825. The Morgan fingerprint density at radius 1 is 0.395 bits per heavy atom. The molecule has 0 aromatic carbocycles. The molecular formula is C71H123NO8P+. The van der Waals surface area contributed by atoms with Crippen molar-refractivity contribution in [1.29, 1.82) is 0 Å². The normalized spacial score (nSPS) is 14.0. The molecule has 0 saturated carbocycles. The number of hydrogen-bond acceptors (Lipinski definition) is 7. The first-order valence-corrected chi connectivity index (χ1v) is 34.3. The average molecular weight is 1150 g/mol. The highest BCUT2D eigenvalue weighted by Gasteiger charge is 2.27. The van der Waals surface area contributed by atoms with Crippen LogP contribution in [0.1, 0.15) is 264 Å². The fourth-order valence-corrected chi connectivity index (χ4v) is 9.49. The number of carbonyl (C=O) groups excluding carboxylic acids is 2. The van der Waals surface area contributed by atoms with Crippen LogP contribution in [-0.2, 0) is 32.7 Å². The molecular weight excluding hydrogens is 1030 g/mol. The fourth-order valence-electron chi connectivity index (χ4n) is 8.75. The van der Waals surface area contributed by atoms with E-state index >= 15 is 0 Å². The number of nitrogens with zero attached hydrogens (tertiary/aromatic N) is 1. The molecule has 10 heteroatoms. The largest absolute Gasteiger partial charge is 0.472 e. The SMILES string of the molecule is CC/C=C\C/C=C\C/C=C\C/C=C\C/C=C\C/C=C\C/C=C\C/C=C\C/C=C\C/C=C\CCCCCCC(=O)OC(COC(=O)CCCCCCCCCCCCCCCCCCCCCCCC)COP(=O)(O)OCC[N+](C)(C)C. The van der Waals surface area contributed by atoms with Crippen molar-refractivity contribution in [3.63, 3.8) is 0 Å². The summed E-state index contributed by atoms with van der Waals surface area (Å²) in [6.45, 7) is 4.31. The van der Waals surface area contributed by atoms with Gasteiger partial charge in [0, 0.05) is 12.8 Å². The Hall–Kier alpha value is -3.59. The van der Waals surface area contributed by atoms with Gasteiger partial charge in [0.15, 0.2) is 6.10 Å². The van der Waals surface area contributed by atoms with Crippen molar-refractivity contribution in [3.8, 4) is 0 Å². The van der Waals surface area contributed by atoms with E-state index in [1.165, 1.54) is 122 Å². The van der Waals surface area contributed by atoms with E-state index in [1.54, 1.807) is 0 Å². The third kappa shape index (κ3) is 65.4. The van der Waals surface area contributed by atoms with Crippen molar-refractivity contribution in [3.05, 3.63) is 122 Å². The number of likely N-dealkylation sites (N-methyl/N-ethyl adjacent to an activating group) is 1. The first-order valence-electron chi connectivity index (χ1n) is 32.8. The first-order chi connectivity index (χ1) is 39.5. The predicted octanol–water partition coefficient (Wildman–Crippen LogP) is 21.1. The maximum absolute atomic E-state index is 12.8. The Morgan fingerprint density at radius 2 is 0.704 bits per heavy atom. The highest BCUT2D eigenvalue weighted by Crippen LogP contribution is 2.43. The summed E-state index contributed by atoms with van der Waals surface area (Å²) in [4.78, 5) is 35.8. The Labute approximate surface area is 498 Å². The number of unbranched alkanes of at least 4 members (excludes halogenated alkanes) is 25. The number of carbonyl (C=O) groups is 2. The molecule has 0 aliphatic rings. The van der Waals surface area contributed by atoms with E-state index in [9.17, 15) is 19.0 Å². The Bertz CT molecular complexity index is 1780. The number of phosphoric acid groups is 1. The number of ether oxygens (including phenoxy) is 2. The molecule has 0 aliphatic heterocycles. The highest BCUT2D eigenvalue weighted by atomic mass is 31.2. The molecule has 2 atom stereocenters. The second-order valence-electron chi connectivity index (χ2n) is 22.8. The second kappa shape index (κ2) is 61.0. The molecule has 0 spiro atoms. The zero-order valence-electron chi connectivity index (χ0n) is 52.7. The molecule has 2 unspecified atom stereocenters. The van der Waals surface area contributed by atoms with E-state index in [0.717, 1.165) is 109 Å². The quantitative estimate of drug-likeness (QED) is 0.0211. The van der Waals surface area contributed by atoms with Gasteiger partial charge in [-0.2, -0.15) is 0 Å². The van der Waals surface area contributed by atoms with Crippen molar-refractivity contribution in [1.82, 2.24) is 0 Å². The summed E-state index contributed by atoms with van der Waals surface area (Å²) in [5.41, 5.74) is 0. The van der Waals surface area contributed by atoms with E-state index in [-0.39, 0.29) is 32.0 Å². The fraction of sp³-hybridized carbons (Fsp3) is 0.690. The van der Waals surface area contributed by atoms with Crippen LogP contribution in [0.15, 0.2) is 122 Å². The van der Waals surface area contributed by atoms with E-state index in [1.807, 2.05) is 21.1 Å². The molecule has 0 aliphatic carbocycles. The molecule has 0 radical (unpaired) electrons. The average Bonchev–Trinajstić information content (AvgIpc) is 3.43. The maximum atomic E-state index is 12.8. The molecule has 0 rings (SSSR count). The number of phosphoric ester groups is 1. The van der Waals surface area contributed by atoms with Crippen LogP contribution in [0.4, 0.5) is 0 Å². The Morgan fingerprint density at radius 3 is 1.05 bits per heavy atom. The van der Waals surface area contributed by atoms with Crippen LogP contribution in [0.3, 0.4) is 0 Å². The van der Waals surface area contributed by atoms with Crippen molar-refractivity contribution < 1.29 is 42.1 Å². The van der Waals surface area contributed by atoms with Gasteiger partial charge in [-0.3, -0.25) is 18.6 Å². The summed E-state index contributed by atoms with van der Waals surface area (Å²) in [6.07, 6.45) is 87.1. The summed E-state index contributed by atoms with van der Waals surface area (Å²) in [6, 6.07) is 0. The lowest BCUT2D eigenvalue weighted by molar-refractivity contribution is -0.870. The van der Waals surface area contributed by atoms with Gasteiger partial charge in [-0.1, -0.05) is 283 Å². The van der Waals surface area contributed by atoms with Gasteiger partial charge < -0.3 is 18.9 Å². The molecule has 9 nitrogen and oxygen atoms in total. The van der Waals surface area contributed by atoms with Crippen molar-refractivity contribution in [2.45, 2.75) is 270 Å². The monoisotopic (exact) mass is 1150 g/mol. The van der Waals surface area contributed by atoms with Gasteiger partial charge in [0.2, 0.25) is 0 Å². The van der Waals surface area contributed by atoms with Crippen LogP contribution in [-0.4, -0.2) is 74.9 Å². The van der Waals surface area contributed by atoms with Gasteiger partial charge in [-0.25, -0.2) is 4.57 Å². The summed E-state index contributed by atoms with van der Waals surface area (Å²) in [5, 5.41) is 0. The van der Waals surface area contributed by atoms with Crippen molar-refractivity contribution >= 4 is 19.8 Å². The molecule has 0 fully saturated rings. The summed E-state index contributed by atoms with van der Waals surface area (Å²) in [7, 11) is 1.45. The van der Waals surface area contributed by atoms with E-state index in [0.29, 0.717) is 17.4 Å². The van der Waals surface area contributed by atoms with E-state index in [4.69, 9.17) is 18.5 Å². The molecule has 0 bridgehead atoms. The van der Waals surface area contributed by atoms with Crippen molar-refractivity contribution in [2.75, 3.05) is 47.5 Å². The minimum atomic E-state index is -4.40. The zero-order valence-corrected chi connectivity index (χ0v) is 53.6. The van der Waals surface area contributed by atoms with Gasteiger partial charge in [-0.05, 0) is 89.9 Å². The first kappa shape index (κ1) is 77.4. The molecule has 464 valence electrons. The minimum absolute atomic E-state index is 0.0215. The maximum Gasteiger partial charge on any atom is 0.472 e. The van der Waals surface area contributed by atoms with E-state index in [2.05, 4.69) is 135 Å². The highest BCUT2D eigenvalue weighted by molar-refractivity contribution is 7.47. The minimum Gasteiger partial charge on any atom is -0.462 e. The van der Waals surface area contributed by atoms with Crippen LogP contribution in [0.2, 0.25) is 0 Å². The number of rotatable bonds is 59. The predicted molar refractivity (Wildman–Crippen MR) is 348 cm³/mol. The molecule has 1 N–H and O–H groups in total. The lowest BCUT2D eigenvalue weighted by Gasteiger charge is -2.24. The van der Waals surface area contributed by atoms with Gasteiger partial charge in [0.25, 0.3) is 0 Å². The number of allylic oxidation sites excluding steroid dienone is 20. The summed E-state index contributed by atoms with van der Waals surface area (Å²) < 4.78 is 34.6. The van der Waals surface area contributed by atoms with Gasteiger partial charge in [0.1, 0.15) is 19.8 Å². The standard InChI is InChI=1S/C71H122NO8P/c1-6-8-10-12-14-16-18-20-22-24-26-28-30-31-32-33-34-35-36-37-38-39-40-41-42-44-46-48-50-52-54-56-58-60-62-64-71(74)80-69(68-79-81(75,76)78-66-65-72(3,4)5)67-77-70(73)63-61-59-57-55-53-51-49-47-45-43-29-27-25-23-21-19-17-15-13-11-9-7-2/h8,10,14,16,20,22,26,28,31-32,34-35,37-38,40-41,44,46,50,52,69H,6-7,9,11-13,15,17-19,21,23-25,27,29-30,33,36,39,42-43,45,47-49,51,53-68H2,1-5H3/p+1/b10-8-,16-14-,22-20-,28-26-,32-31-,35-34-,38-37-,41-40-,46-44-,52-50-. The molecule has 0 heterocycles. The summed E-state index contributed by atoms with van der Waals surface area (Å²) >= 11 is 0. The smallest absolute Gasteiger partial charge is 0.462 e. The van der Waals surface area contributed by atoms with Crippen LogP contribution in [0.25, 0.3) is 0 Å². The lowest BCUT2D eigenvalue weighted by atomic mass is 10.0. The van der Waals surface area contributed by atoms with Crippen LogP contribution in [0, 0.1) is 0 Å². The molecule has 0 amide bonds. The van der Waals surface area contributed by atoms with Crippen LogP contribution < -0.4 is 0 Å². The van der Waals surface area contributed by atoms with Gasteiger partial charge >= 0.3 is 19.8 Å². The third-order valence-electron chi connectivity index (χ3n) is 13.8. The van der Waals surface area contributed by atoms with Crippen molar-refractivity contribution in [2.24, 2.45) is 0 Å². The Balaban J connectivity index is 4.20. The van der Waals surface area contributed by atoms with Gasteiger partial charge in [-0.15, -0.1) is 0 Å². The third-order valence-corrected chi connectivity index (χ3v) is 14.7.